The predicted molar refractivity (Wildman–Crippen MR) is 43.6 cm³/mol. The van der Waals surface area contributed by atoms with Gasteiger partial charge < -0.3 is 10.3 Å². The maximum absolute atomic E-state index is 10.4. The molecule has 0 aromatic carbocycles. The highest BCUT2D eigenvalue weighted by Gasteiger charge is 2.23. The van der Waals surface area contributed by atoms with E-state index < -0.39 is 13.2 Å². The summed E-state index contributed by atoms with van der Waals surface area (Å²) in [4.78, 5) is 10.4. The zero-order valence-corrected chi connectivity index (χ0v) is 7.16. The molecule has 5 nitrogen and oxygen atoms in total. The van der Waals surface area contributed by atoms with Crippen molar-refractivity contribution in [3.05, 3.63) is 0 Å². The lowest BCUT2D eigenvalue weighted by molar-refractivity contribution is -0.137. The predicted octanol–water partition coefficient (Wildman–Crippen LogP) is -0.480. The summed E-state index contributed by atoms with van der Waals surface area (Å²) in [5.41, 5.74) is 5.35. The Kier molecular flexibility index (Phi) is 3.52. The second kappa shape index (κ2) is 4.44. The van der Waals surface area contributed by atoms with Crippen LogP contribution >= 0.6 is 0 Å². The minimum Gasteiger partial charge on any atom is -0.495 e. The topological polar surface area (TPSA) is 64.8 Å². The summed E-state index contributed by atoms with van der Waals surface area (Å²) < 4.78 is 9.68. The molecule has 12 heavy (non-hydrogen) atoms. The number of carbonyl (C=O) groups is 1. The summed E-state index contributed by atoms with van der Waals surface area (Å²) >= 11 is 0. The number of nitrogens with two attached hydrogens (primary N) is 1. The third-order valence-electron chi connectivity index (χ3n) is 1.60. The molecule has 0 aliphatic carbocycles. The Morgan fingerprint density at radius 1 is 1.50 bits per heavy atom. The molecule has 0 amide bonds. The molecular weight excluding hydrogens is 159 g/mol. The van der Waals surface area contributed by atoms with Crippen molar-refractivity contribution in [3.8, 4) is 0 Å². The van der Waals surface area contributed by atoms with Gasteiger partial charge in [0, 0.05) is 20.0 Å². The number of carbonyl (C=O) groups excluding carboxylic acids is 1. The van der Waals surface area contributed by atoms with Crippen LogP contribution in [0.3, 0.4) is 0 Å². The molecular formula is C6H13BN2O3. The van der Waals surface area contributed by atoms with Gasteiger partial charge in [-0.05, 0) is 12.8 Å². The molecule has 0 aromatic rings. The van der Waals surface area contributed by atoms with Crippen molar-refractivity contribution in [2.45, 2.75) is 19.8 Å². The number of hydroxylamine groups is 2. The Morgan fingerprint density at radius 2 is 2.08 bits per heavy atom. The fourth-order valence-corrected chi connectivity index (χ4v) is 1.13. The summed E-state index contributed by atoms with van der Waals surface area (Å²) in [6.07, 6.45) is 2.21. The molecule has 1 saturated heterocycles. The maximum Gasteiger partial charge on any atom is 0.642 e. The highest BCUT2D eigenvalue weighted by molar-refractivity contribution is 6.42. The van der Waals surface area contributed by atoms with Gasteiger partial charge in [-0.2, -0.15) is 0 Å². The summed E-state index contributed by atoms with van der Waals surface area (Å²) in [6.45, 7) is 3.01. The third kappa shape index (κ3) is 3.21. The van der Waals surface area contributed by atoms with E-state index in [0.29, 0.717) is 0 Å². The van der Waals surface area contributed by atoms with E-state index in [0.717, 1.165) is 25.9 Å². The van der Waals surface area contributed by atoms with Gasteiger partial charge in [0.25, 0.3) is 5.97 Å². The van der Waals surface area contributed by atoms with Crippen LogP contribution in [0.5, 0.6) is 0 Å². The average molecular weight is 172 g/mol. The van der Waals surface area contributed by atoms with Gasteiger partial charge in [0.1, 0.15) is 0 Å². The van der Waals surface area contributed by atoms with Gasteiger partial charge in [-0.15, -0.1) is 0 Å². The fraction of sp³-hybridized carbons (Fsp3) is 0.833. The first-order chi connectivity index (χ1) is 5.68. The lowest BCUT2D eigenvalue weighted by Gasteiger charge is -2.16. The minimum atomic E-state index is -0.958. The largest absolute Gasteiger partial charge is 0.642 e. The Morgan fingerprint density at radius 3 is 2.58 bits per heavy atom. The Hall–Kier alpha value is -0.585. The fourth-order valence-electron chi connectivity index (χ4n) is 1.13. The summed E-state index contributed by atoms with van der Waals surface area (Å²) in [6, 6.07) is 0. The van der Waals surface area contributed by atoms with Gasteiger partial charge in [-0.25, -0.2) is 5.06 Å². The van der Waals surface area contributed by atoms with Crippen LogP contribution in [0.15, 0.2) is 0 Å². The van der Waals surface area contributed by atoms with E-state index in [2.05, 4.69) is 4.65 Å². The van der Waals surface area contributed by atoms with Crippen LogP contribution in [0.2, 0.25) is 0 Å². The standard InChI is InChI=1S/C6H13BN2O3/c1-6(10)11-7(8)12-9-4-2-3-5-9/h2-5,8H2,1H3. The van der Waals surface area contributed by atoms with Gasteiger partial charge in [0.2, 0.25) is 0 Å². The zero-order valence-electron chi connectivity index (χ0n) is 7.16. The van der Waals surface area contributed by atoms with E-state index in [9.17, 15) is 4.79 Å². The van der Waals surface area contributed by atoms with Crippen LogP contribution in [0, 0.1) is 0 Å². The number of nitrogens with zero attached hydrogens (tertiary/aromatic N) is 1. The van der Waals surface area contributed by atoms with E-state index >= 15 is 0 Å². The van der Waals surface area contributed by atoms with Crippen LogP contribution < -0.4 is 5.64 Å². The van der Waals surface area contributed by atoms with E-state index in [4.69, 9.17) is 10.4 Å². The van der Waals surface area contributed by atoms with E-state index in [1.54, 1.807) is 5.06 Å². The van der Waals surface area contributed by atoms with Crippen molar-refractivity contribution in [3.63, 3.8) is 0 Å². The molecule has 0 aromatic heterocycles. The van der Waals surface area contributed by atoms with E-state index in [-0.39, 0.29) is 0 Å². The summed E-state index contributed by atoms with van der Waals surface area (Å²) in [7, 11) is -0.958. The van der Waals surface area contributed by atoms with Crippen LogP contribution in [0.25, 0.3) is 0 Å². The van der Waals surface area contributed by atoms with Crippen molar-refractivity contribution >= 4 is 13.2 Å². The second-order valence-electron chi connectivity index (χ2n) is 2.72. The normalized spacial score (nSPS) is 17.8. The average Bonchev–Trinajstić information content (AvgIpc) is 2.37. The molecule has 0 saturated carbocycles. The van der Waals surface area contributed by atoms with Crippen LogP contribution in [-0.4, -0.2) is 31.4 Å². The number of hydrogen-bond acceptors (Lipinski definition) is 5. The smallest absolute Gasteiger partial charge is 0.495 e. The molecule has 1 rings (SSSR count). The van der Waals surface area contributed by atoms with E-state index in [1.165, 1.54) is 6.92 Å². The first kappa shape index (κ1) is 9.50. The minimum absolute atomic E-state index is 0.429. The van der Waals surface area contributed by atoms with Crippen molar-refractivity contribution in [1.29, 1.82) is 0 Å². The molecule has 1 fully saturated rings. The quantitative estimate of drug-likeness (QED) is 0.582. The lowest BCUT2D eigenvalue weighted by atomic mass is 10.2. The highest BCUT2D eigenvalue weighted by Crippen LogP contribution is 2.07. The molecule has 0 unspecified atom stereocenters. The van der Waals surface area contributed by atoms with Crippen molar-refractivity contribution in [1.82, 2.24) is 5.06 Å². The number of hydrogen-bond donors (Lipinski definition) is 1. The Labute approximate surface area is 71.9 Å². The summed E-state index contributed by atoms with van der Waals surface area (Å²) in [5.74, 6) is -0.429. The molecule has 68 valence electrons. The van der Waals surface area contributed by atoms with Gasteiger partial charge >= 0.3 is 7.25 Å². The molecule has 1 heterocycles. The summed E-state index contributed by atoms with van der Waals surface area (Å²) in [5, 5.41) is 1.72. The van der Waals surface area contributed by atoms with Gasteiger partial charge in [-0.1, -0.05) is 0 Å². The molecule has 1 aliphatic heterocycles. The molecule has 0 bridgehead atoms. The van der Waals surface area contributed by atoms with Gasteiger partial charge in [-0.3, -0.25) is 9.55 Å². The van der Waals surface area contributed by atoms with Crippen LogP contribution in [0.1, 0.15) is 19.8 Å². The lowest BCUT2D eigenvalue weighted by Crippen LogP contribution is -2.41. The SMILES string of the molecule is CC(=O)OB(N)ON1CCCC1. The van der Waals surface area contributed by atoms with E-state index in [1.807, 2.05) is 0 Å². The second-order valence-corrected chi connectivity index (χ2v) is 2.72. The van der Waals surface area contributed by atoms with Crippen molar-refractivity contribution in [2.75, 3.05) is 13.1 Å². The Balaban J connectivity index is 2.16. The molecule has 0 spiro atoms. The molecule has 1 aliphatic rings. The molecule has 0 radical (unpaired) electrons. The van der Waals surface area contributed by atoms with Gasteiger partial charge in [0.05, 0.1) is 0 Å². The van der Waals surface area contributed by atoms with Crippen LogP contribution in [0.4, 0.5) is 0 Å². The third-order valence-corrected chi connectivity index (χ3v) is 1.60. The maximum atomic E-state index is 10.4. The van der Waals surface area contributed by atoms with Crippen LogP contribution in [-0.2, 0) is 14.2 Å². The van der Waals surface area contributed by atoms with Crippen molar-refractivity contribution in [2.24, 2.45) is 5.64 Å². The number of rotatable bonds is 3. The van der Waals surface area contributed by atoms with Gasteiger partial charge in [0.15, 0.2) is 0 Å². The molecule has 6 heteroatoms. The molecule has 2 N–H and O–H groups in total. The first-order valence-corrected chi connectivity index (χ1v) is 4.03. The first-order valence-electron chi connectivity index (χ1n) is 4.03. The highest BCUT2D eigenvalue weighted by atomic mass is 16.7. The molecule has 0 atom stereocenters. The Bertz CT molecular complexity index is 161. The monoisotopic (exact) mass is 172 g/mol. The van der Waals surface area contributed by atoms with Crippen molar-refractivity contribution < 1.29 is 14.2 Å². The zero-order chi connectivity index (χ0) is 8.97.